The maximum atomic E-state index is 11.0. The first-order chi connectivity index (χ1) is 14.0. The molecule has 1 unspecified atom stereocenters. The van der Waals surface area contributed by atoms with Crippen LogP contribution in [0.4, 0.5) is 5.69 Å². The average Bonchev–Trinajstić information content (AvgIpc) is 2.70. The van der Waals surface area contributed by atoms with Crippen molar-refractivity contribution in [3.63, 3.8) is 0 Å². The summed E-state index contributed by atoms with van der Waals surface area (Å²) >= 11 is 5.94. The number of benzene rings is 2. The number of nitrogens with zero attached hydrogens (tertiary/aromatic N) is 2. The standard InChI is InChI=1S/C22H28ClN3O3.2ClH/c1-17(27)24-20-6-8-22(9-7-20)29-16-21(28)15-26-12-10-25(11-13-26)14-18-2-4-19(23)5-3-18;;/h2-9,21,28H,10-16H2,1H3,(H,24,27);2*1H. The van der Waals surface area contributed by atoms with Crippen LogP contribution in [0.5, 0.6) is 5.75 Å². The van der Waals surface area contributed by atoms with Gasteiger partial charge >= 0.3 is 0 Å². The smallest absolute Gasteiger partial charge is 0.221 e. The molecule has 1 atom stereocenters. The molecule has 6 nitrogen and oxygen atoms in total. The van der Waals surface area contributed by atoms with Gasteiger partial charge in [-0.2, -0.15) is 0 Å². The molecular formula is C22H30Cl3N3O3. The first-order valence-electron chi connectivity index (χ1n) is 9.85. The molecule has 1 fully saturated rings. The number of piperazine rings is 1. The van der Waals surface area contributed by atoms with Crippen LogP contribution >= 0.6 is 36.4 Å². The lowest BCUT2D eigenvalue weighted by molar-refractivity contribution is -0.114. The molecule has 0 aromatic heterocycles. The van der Waals surface area contributed by atoms with E-state index in [9.17, 15) is 9.90 Å². The van der Waals surface area contributed by atoms with Gasteiger partial charge in [-0.05, 0) is 42.0 Å². The minimum Gasteiger partial charge on any atom is -0.491 e. The molecule has 172 valence electrons. The maximum Gasteiger partial charge on any atom is 0.221 e. The SMILES string of the molecule is CC(=O)Nc1ccc(OCC(O)CN2CCN(Cc3ccc(Cl)cc3)CC2)cc1.Cl.Cl. The normalized spacial score (nSPS) is 15.3. The van der Waals surface area contributed by atoms with Gasteiger partial charge in [0.1, 0.15) is 18.5 Å². The highest BCUT2D eigenvalue weighted by Gasteiger charge is 2.19. The number of anilines is 1. The second-order valence-electron chi connectivity index (χ2n) is 7.37. The lowest BCUT2D eigenvalue weighted by Crippen LogP contribution is -2.48. The van der Waals surface area contributed by atoms with Crippen molar-refractivity contribution in [1.82, 2.24) is 9.80 Å². The molecule has 3 rings (SSSR count). The molecule has 2 N–H and O–H groups in total. The second kappa shape index (κ2) is 13.8. The van der Waals surface area contributed by atoms with Gasteiger partial charge in [-0.1, -0.05) is 23.7 Å². The third-order valence-corrected chi connectivity index (χ3v) is 5.12. The Morgan fingerprint density at radius 2 is 1.61 bits per heavy atom. The molecule has 2 aromatic carbocycles. The van der Waals surface area contributed by atoms with Crippen LogP contribution in [0.2, 0.25) is 5.02 Å². The van der Waals surface area contributed by atoms with Crippen LogP contribution in [0.1, 0.15) is 12.5 Å². The molecule has 1 aliphatic heterocycles. The Hall–Kier alpha value is -1.54. The van der Waals surface area contributed by atoms with Crippen molar-refractivity contribution in [2.24, 2.45) is 0 Å². The third kappa shape index (κ3) is 9.64. The fourth-order valence-electron chi connectivity index (χ4n) is 3.36. The third-order valence-electron chi connectivity index (χ3n) is 4.87. The number of carbonyl (C=O) groups excluding carboxylic acids is 1. The molecule has 1 heterocycles. The van der Waals surface area contributed by atoms with Crippen molar-refractivity contribution in [2.45, 2.75) is 19.6 Å². The Labute approximate surface area is 201 Å². The summed E-state index contributed by atoms with van der Waals surface area (Å²) in [7, 11) is 0. The number of carbonyl (C=O) groups is 1. The molecule has 0 bridgehead atoms. The molecule has 1 aliphatic rings. The number of hydrogen-bond donors (Lipinski definition) is 2. The van der Waals surface area contributed by atoms with Crippen molar-refractivity contribution in [3.05, 3.63) is 59.1 Å². The van der Waals surface area contributed by atoms with Gasteiger partial charge in [0.15, 0.2) is 0 Å². The number of hydrogen-bond acceptors (Lipinski definition) is 5. The van der Waals surface area contributed by atoms with Gasteiger partial charge in [0.25, 0.3) is 0 Å². The van der Waals surface area contributed by atoms with Crippen LogP contribution in [-0.4, -0.2) is 66.2 Å². The molecular weight excluding hydrogens is 461 g/mol. The number of ether oxygens (including phenoxy) is 1. The molecule has 31 heavy (non-hydrogen) atoms. The summed E-state index contributed by atoms with van der Waals surface area (Å²) in [4.78, 5) is 15.7. The van der Waals surface area contributed by atoms with Gasteiger partial charge in [-0.3, -0.25) is 14.6 Å². The molecule has 2 aromatic rings. The average molecular weight is 491 g/mol. The van der Waals surface area contributed by atoms with E-state index in [0.29, 0.717) is 12.3 Å². The van der Waals surface area contributed by atoms with Crippen LogP contribution in [0, 0.1) is 0 Å². The number of aliphatic hydroxyl groups excluding tert-OH is 1. The van der Waals surface area contributed by atoms with E-state index in [-0.39, 0.29) is 37.3 Å². The fourth-order valence-corrected chi connectivity index (χ4v) is 3.48. The highest BCUT2D eigenvalue weighted by Crippen LogP contribution is 2.16. The minimum atomic E-state index is -0.548. The Morgan fingerprint density at radius 3 is 2.19 bits per heavy atom. The van der Waals surface area contributed by atoms with Gasteiger partial charge in [-0.25, -0.2) is 0 Å². The first-order valence-corrected chi connectivity index (χ1v) is 10.2. The molecule has 0 aliphatic carbocycles. The van der Waals surface area contributed by atoms with Gasteiger partial charge in [0.2, 0.25) is 5.91 Å². The summed E-state index contributed by atoms with van der Waals surface area (Å²) in [5.74, 6) is 0.563. The Morgan fingerprint density at radius 1 is 1.03 bits per heavy atom. The first kappa shape index (κ1) is 27.5. The summed E-state index contributed by atoms with van der Waals surface area (Å²) in [6.45, 7) is 7.03. The van der Waals surface area contributed by atoms with E-state index in [1.54, 1.807) is 24.3 Å². The van der Waals surface area contributed by atoms with Gasteiger partial charge < -0.3 is 15.2 Å². The van der Waals surface area contributed by atoms with E-state index in [1.807, 2.05) is 12.1 Å². The van der Waals surface area contributed by atoms with Gasteiger partial charge in [-0.15, -0.1) is 24.8 Å². The van der Waals surface area contributed by atoms with Crippen molar-refractivity contribution >= 4 is 48.0 Å². The van der Waals surface area contributed by atoms with E-state index in [1.165, 1.54) is 12.5 Å². The topological polar surface area (TPSA) is 65.0 Å². The minimum absolute atomic E-state index is 0. The van der Waals surface area contributed by atoms with Crippen LogP contribution in [0.15, 0.2) is 48.5 Å². The molecule has 1 saturated heterocycles. The van der Waals surface area contributed by atoms with Crippen molar-refractivity contribution in [3.8, 4) is 5.75 Å². The lowest BCUT2D eigenvalue weighted by atomic mass is 10.2. The van der Waals surface area contributed by atoms with E-state index in [4.69, 9.17) is 16.3 Å². The van der Waals surface area contributed by atoms with Crippen LogP contribution in [-0.2, 0) is 11.3 Å². The Kier molecular flexibility index (Phi) is 12.2. The second-order valence-corrected chi connectivity index (χ2v) is 7.81. The van der Waals surface area contributed by atoms with Crippen molar-refractivity contribution in [1.29, 1.82) is 0 Å². The predicted molar refractivity (Wildman–Crippen MR) is 130 cm³/mol. The number of nitrogens with one attached hydrogen (secondary N) is 1. The summed E-state index contributed by atoms with van der Waals surface area (Å²) in [5, 5.41) is 13.8. The zero-order valence-electron chi connectivity index (χ0n) is 17.5. The van der Waals surface area contributed by atoms with Crippen molar-refractivity contribution in [2.75, 3.05) is 44.6 Å². The molecule has 0 radical (unpaired) electrons. The van der Waals surface area contributed by atoms with E-state index < -0.39 is 6.10 Å². The van der Waals surface area contributed by atoms with Gasteiger partial charge in [0, 0.05) is 56.9 Å². The van der Waals surface area contributed by atoms with E-state index in [2.05, 4.69) is 27.2 Å². The summed E-state index contributed by atoms with van der Waals surface area (Å²) in [6, 6.07) is 15.1. The van der Waals surface area contributed by atoms with E-state index in [0.717, 1.165) is 43.4 Å². The Balaban J connectivity index is 0.00000240. The highest BCUT2D eigenvalue weighted by molar-refractivity contribution is 6.30. The number of halogens is 3. The quantitative estimate of drug-likeness (QED) is 0.591. The highest BCUT2D eigenvalue weighted by atomic mass is 35.5. The summed E-state index contributed by atoms with van der Waals surface area (Å²) in [5.41, 5.74) is 1.99. The monoisotopic (exact) mass is 489 g/mol. The lowest BCUT2D eigenvalue weighted by Gasteiger charge is -2.35. The number of β-amino-alcohol motifs (C(OH)–C–C–N with tert-alkyl or cyclic N) is 1. The number of aliphatic hydroxyl groups is 1. The predicted octanol–water partition coefficient (Wildman–Crippen LogP) is 3.70. The zero-order valence-corrected chi connectivity index (χ0v) is 19.9. The molecule has 9 heteroatoms. The molecule has 0 spiro atoms. The summed E-state index contributed by atoms with van der Waals surface area (Å²) in [6.07, 6.45) is -0.548. The van der Waals surface area contributed by atoms with Gasteiger partial charge in [0.05, 0.1) is 0 Å². The zero-order chi connectivity index (χ0) is 20.6. The number of amides is 1. The summed E-state index contributed by atoms with van der Waals surface area (Å²) < 4.78 is 5.67. The number of rotatable bonds is 8. The largest absolute Gasteiger partial charge is 0.491 e. The maximum absolute atomic E-state index is 11.0. The van der Waals surface area contributed by atoms with Crippen LogP contribution < -0.4 is 10.1 Å². The van der Waals surface area contributed by atoms with E-state index >= 15 is 0 Å². The van der Waals surface area contributed by atoms with Crippen molar-refractivity contribution < 1.29 is 14.6 Å². The van der Waals surface area contributed by atoms with Crippen LogP contribution in [0.25, 0.3) is 0 Å². The molecule has 1 amide bonds. The Bertz CT molecular complexity index is 783. The molecule has 0 saturated carbocycles. The fraction of sp³-hybridized carbons (Fsp3) is 0.409. The van der Waals surface area contributed by atoms with Crippen LogP contribution in [0.3, 0.4) is 0 Å².